The van der Waals surface area contributed by atoms with Gasteiger partial charge in [-0.15, -0.1) is 0 Å². The molecule has 0 bridgehead atoms. The summed E-state index contributed by atoms with van der Waals surface area (Å²) in [6.07, 6.45) is 0. The fourth-order valence-electron chi connectivity index (χ4n) is 1.30. The van der Waals surface area contributed by atoms with Crippen LogP contribution in [-0.2, 0) is 0 Å². The number of anilines is 1. The molecule has 1 aromatic heterocycles. The second-order valence-corrected chi connectivity index (χ2v) is 3.00. The summed E-state index contributed by atoms with van der Waals surface area (Å²) in [6.45, 7) is 1.80. The number of phenols is 1. The maximum Gasteiger partial charge on any atom is 0.292 e. The van der Waals surface area contributed by atoms with Crippen molar-refractivity contribution in [3.05, 3.63) is 30.0 Å². The van der Waals surface area contributed by atoms with Crippen LogP contribution < -0.4 is 5.73 Å². The Kier molecular flexibility index (Phi) is 1.89. The van der Waals surface area contributed by atoms with Gasteiger partial charge in [-0.3, -0.25) is 0 Å². The number of aryl methyl sites for hydroxylation is 1. The summed E-state index contributed by atoms with van der Waals surface area (Å²) >= 11 is 0. The highest BCUT2D eigenvalue weighted by Gasteiger charge is 2.08. The van der Waals surface area contributed by atoms with Gasteiger partial charge in [-0.2, -0.15) is 4.98 Å². The average Bonchev–Trinajstić information content (AvgIpc) is 2.47. The van der Waals surface area contributed by atoms with E-state index in [2.05, 4.69) is 4.98 Å². The van der Waals surface area contributed by atoms with E-state index in [-0.39, 0.29) is 11.8 Å². The smallest absolute Gasteiger partial charge is 0.292 e. The average molecular weight is 190 g/mol. The fraction of sp³-hybridized carbons (Fsp3) is 0.100. The highest BCUT2D eigenvalue weighted by molar-refractivity contribution is 5.62. The van der Waals surface area contributed by atoms with Crippen LogP contribution in [0.3, 0.4) is 0 Å². The Balaban J connectivity index is 2.49. The predicted molar refractivity (Wildman–Crippen MR) is 52.8 cm³/mol. The number of phenolic OH excluding ortho intramolecular Hbond substituents is 1. The van der Waals surface area contributed by atoms with Crippen molar-refractivity contribution in [2.24, 2.45) is 0 Å². The maximum absolute atomic E-state index is 9.11. The van der Waals surface area contributed by atoms with Gasteiger partial charge in [0.15, 0.2) is 0 Å². The molecule has 0 unspecified atom stereocenters. The SMILES string of the molecule is Cc1oc(N)nc1-c1ccc(O)cc1. The van der Waals surface area contributed by atoms with Gasteiger partial charge in [0.1, 0.15) is 17.2 Å². The number of benzene rings is 1. The van der Waals surface area contributed by atoms with E-state index in [1.54, 1.807) is 31.2 Å². The Labute approximate surface area is 81.0 Å². The molecule has 0 aliphatic heterocycles. The summed E-state index contributed by atoms with van der Waals surface area (Å²) in [6, 6.07) is 6.88. The molecule has 0 aliphatic carbocycles. The van der Waals surface area contributed by atoms with Crippen LogP contribution in [0.5, 0.6) is 5.75 Å². The van der Waals surface area contributed by atoms with Gasteiger partial charge in [-0.05, 0) is 31.2 Å². The molecule has 0 amide bonds. The van der Waals surface area contributed by atoms with Crippen LogP contribution >= 0.6 is 0 Å². The molecule has 3 N–H and O–H groups in total. The molecule has 2 aromatic rings. The number of nitrogens with zero attached hydrogens (tertiary/aromatic N) is 1. The summed E-state index contributed by atoms with van der Waals surface area (Å²) in [4.78, 5) is 4.04. The van der Waals surface area contributed by atoms with E-state index in [9.17, 15) is 0 Å². The topological polar surface area (TPSA) is 72.3 Å². The normalized spacial score (nSPS) is 10.4. The van der Waals surface area contributed by atoms with E-state index in [0.29, 0.717) is 11.5 Å². The number of oxazole rings is 1. The van der Waals surface area contributed by atoms with Gasteiger partial charge in [0, 0.05) is 5.56 Å². The Hall–Kier alpha value is -1.97. The first-order valence-corrected chi connectivity index (χ1v) is 4.19. The van der Waals surface area contributed by atoms with Crippen LogP contribution in [0.4, 0.5) is 6.01 Å². The van der Waals surface area contributed by atoms with Gasteiger partial charge in [-0.25, -0.2) is 0 Å². The Morgan fingerprint density at radius 3 is 2.43 bits per heavy atom. The molecule has 72 valence electrons. The van der Waals surface area contributed by atoms with Gasteiger partial charge < -0.3 is 15.3 Å². The molecule has 0 saturated heterocycles. The van der Waals surface area contributed by atoms with Crippen LogP contribution in [0.15, 0.2) is 28.7 Å². The summed E-state index contributed by atoms with van der Waals surface area (Å²) < 4.78 is 5.10. The minimum Gasteiger partial charge on any atom is -0.508 e. The molecule has 4 heteroatoms. The lowest BCUT2D eigenvalue weighted by Crippen LogP contribution is -1.83. The van der Waals surface area contributed by atoms with Gasteiger partial charge >= 0.3 is 0 Å². The third-order valence-electron chi connectivity index (χ3n) is 1.95. The molecular formula is C10H10N2O2. The Morgan fingerprint density at radius 2 is 1.93 bits per heavy atom. The van der Waals surface area contributed by atoms with Crippen molar-refractivity contribution >= 4 is 6.01 Å². The Bertz CT molecular complexity index is 446. The first-order valence-electron chi connectivity index (χ1n) is 4.19. The Morgan fingerprint density at radius 1 is 1.29 bits per heavy atom. The van der Waals surface area contributed by atoms with Crippen molar-refractivity contribution in [3.8, 4) is 17.0 Å². The first-order chi connectivity index (χ1) is 6.66. The van der Waals surface area contributed by atoms with Crippen molar-refractivity contribution in [2.45, 2.75) is 6.92 Å². The summed E-state index contributed by atoms with van der Waals surface area (Å²) in [7, 11) is 0. The van der Waals surface area contributed by atoms with E-state index >= 15 is 0 Å². The number of aromatic hydroxyl groups is 1. The zero-order chi connectivity index (χ0) is 10.1. The van der Waals surface area contributed by atoms with Crippen molar-refractivity contribution in [1.29, 1.82) is 0 Å². The van der Waals surface area contributed by atoms with E-state index in [4.69, 9.17) is 15.3 Å². The summed E-state index contributed by atoms with van der Waals surface area (Å²) in [5, 5.41) is 9.11. The summed E-state index contributed by atoms with van der Waals surface area (Å²) in [5.74, 6) is 0.899. The molecule has 0 spiro atoms. The van der Waals surface area contributed by atoms with E-state index < -0.39 is 0 Å². The van der Waals surface area contributed by atoms with Gasteiger partial charge in [-0.1, -0.05) is 0 Å². The van der Waals surface area contributed by atoms with Crippen LogP contribution in [0, 0.1) is 6.92 Å². The highest BCUT2D eigenvalue weighted by Crippen LogP contribution is 2.25. The minimum absolute atomic E-state index is 0.158. The lowest BCUT2D eigenvalue weighted by Gasteiger charge is -1.96. The molecule has 0 aliphatic rings. The molecule has 0 fully saturated rings. The van der Waals surface area contributed by atoms with Crippen LogP contribution in [0.1, 0.15) is 5.76 Å². The molecule has 0 radical (unpaired) electrons. The number of nitrogen functional groups attached to an aromatic ring is 1. The second-order valence-electron chi connectivity index (χ2n) is 3.00. The second kappa shape index (κ2) is 3.06. The molecule has 0 saturated carbocycles. The fourth-order valence-corrected chi connectivity index (χ4v) is 1.30. The number of hydrogen-bond donors (Lipinski definition) is 2. The lowest BCUT2D eigenvalue weighted by atomic mass is 10.1. The highest BCUT2D eigenvalue weighted by atomic mass is 16.4. The molecule has 14 heavy (non-hydrogen) atoms. The third kappa shape index (κ3) is 1.42. The van der Waals surface area contributed by atoms with Gasteiger partial charge in [0.25, 0.3) is 6.01 Å². The van der Waals surface area contributed by atoms with Crippen LogP contribution in [-0.4, -0.2) is 10.1 Å². The lowest BCUT2D eigenvalue weighted by molar-refractivity contribution is 0.475. The monoisotopic (exact) mass is 190 g/mol. The zero-order valence-electron chi connectivity index (χ0n) is 7.69. The number of nitrogens with two attached hydrogens (primary N) is 1. The molecule has 1 aromatic carbocycles. The standard InChI is InChI=1S/C10H10N2O2/c1-6-9(12-10(11)14-6)7-2-4-8(13)5-3-7/h2-5,13H,1H3,(H2,11,12). The first kappa shape index (κ1) is 8.62. The molecule has 2 rings (SSSR count). The van der Waals surface area contributed by atoms with E-state index in [1.807, 2.05) is 0 Å². The quantitative estimate of drug-likeness (QED) is 0.720. The van der Waals surface area contributed by atoms with E-state index in [0.717, 1.165) is 5.56 Å². The third-order valence-corrected chi connectivity index (χ3v) is 1.95. The van der Waals surface area contributed by atoms with Crippen molar-refractivity contribution in [2.75, 3.05) is 5.73 Å². The van der Waals surface area contributed by atoms with Crippen molar-refractivity contribution in [1.82, 2.24) is 4.98 Å². The molecular weight excluding hydrogens is 180 g/mol. The molecule has 0 atom stereocenters. The molecule has 4 nitrogen and oxygen atoms in total. The van der Waals surface area contributed by atoms with Crippen molar-refractivity contribution < 1.29 is 9.52 Å². The number of rotatable bonds is 1. The van der Waals surface area contributed by atoms with Crippen LogP contribution in [0.25, 0.3) is 11.3 Å². The van der Waals surface area contributed by atoms with Gasteiger partial charge in [0.2, 0.25) is 0 Å². The zero-order valence-corrected chi connectivity index (χ0v) is 7.69. The van der Waals surface area contributed by atoms with Gasteiger partial charge in [0.05, 0.1) is 0 Å². The predicted octanol–water partition coefficient (Wildman–Crippen LogP) is 1.94. The largest absolute Gasteiger partial charge is 0.508 e. The van der Waals surface area contributed by atoms with Crippen molar-refractivity contribution in [3.63, 3.8) is 0 Å². The number of hydrogen-bond acceptors (Lipinski definition) is 4. The number of aromatic nitrogens is 1. The molecule has 1 heterocycles. The van der Waals surface area contributed by atoms with E-state index in [1.165, 1.54) is 0 Å². The van der Waals surface area contributed by atoms with Crippen LogP contribution in [0.2, 0.25) is 0 Å². The minimum atomic E-state index is 0.158. The maximum atomic E-state index is 9.11. The summed E-state index contributed by atoms with van der Waals surface area (Å²) in [5.41, 5.74) is 7.01.